The van der Waals surface area contributed by atoms with Crippen molar-refractivity contribution in [2.45, 2.75) is 13.5 Å². The van der Waals surface area contributed by atoms with Crippen molar-refractivity contribution in [1.29, 1.82) is 0 Å². The summed E-state index contributed by atoms with van der Waals surface area (Å²) in [5.41, 5.74) is 0.717. The Morgan fingerprint density at radius 1 is 1.48 bits per heavy atom. The normalized spacial score (nSPS) is 10.6. The van der Waals surface area contributed by atoms with Gasteiger partial charge in [-0.05, 0) is 43.4 Å². The zero-order valence-corrected chi connectivity index (χ0v) is 16.0. The summed E-state index contributed by atoms with van der Waals surface area (Å²) in [6, 6.07) is 5.44. The number of amides is 1. The van der Waals surface area contributed by atoms with E-state index in [2.05, 4.69) is 27.1 Å². The third-order valence-corrected chi connectivity index (χ3v) is 4.88. The number of aromatic amines is 1. The van der Waals surface area contributed by atoms with Crippen LogP contribution < -0.4 is 10.1 Å². The van der Waals surface area contributed by atoms with Crippen LogP contribution in [0.4, 0.5) is 9.52 Å². The third kappa shape index (κ3) is 4.47. The van der Waals surface area contributed by atoms with Crippen molar-refractivity contribution in [3.05, 3.63) is 53.2 Å². The van der Waals surface area contributed by atoms with Crippen LogP contribution in [0.25, 0.3) is 10.7 Å². The quantitative estimate of drug-likeness (QED) is 0.462. The minimum absolute atomic E-state index is 0.214. The zero-order chi connectivity index (χ0) is 19.4. The Morgan fingerprint density at radius 2 is 2.22 bits per heavy atom. The van der Waals surface area contributed by atoms with E-state index in [0.717, 1.165) is 4.88 Å². The van der Waals surface area contributed by atoms with Gasteiger partial charge in [0, 0.05) is 6.54 Å². The summed E-state index contributed by atoms with van der Waals surface area (Å²) in [5.74, 6) is 0.303. The fraction of sp³-hybridized carbons (Fsp3) is 0.176. The summed E-state index contributed by atoms with van der Waals surface area (Å²) >= 11 is 6.50. The topological polar surface area (TPSA) is 84.8 Å². The molecule has 0 aliphatic heterocycles. The van der Waals surface area contributed by atoms with Gasteiger partial charge in [-0.15, -0.1) is 6.58 Å². The molecular formula is C17H16FN5O2S2. The van der Waals surface area contributed by atoms with Crippen LogP contribution in [0.1, 0.15) is 5.69 Å². The van der Waals surface area contributed by atoms with Crippen molar-refractivity contribution < 1.29 is 13.9 Å². The Labute approximate surface area is 163 Å². The molecule has 10 heteroatoms. The van der Waals surface area contributed by atoms with Crippen LogP contribution in [0.15, 0.2) is 36.9 Å². The fourth-order valence-electron chi connectivity index (χ4n) is 2.28. The Kier molecular flexibility index (Phi) is 5.77. The summed E-state index contributed by atoms with van der Waals surface area (Å²) in [7, 11) is 0. The van der Waals surface area contributed by atoms with Gasteiger partial charge in [0.1, 0.15) is 11.6 Å². The molecule has 3 aromatic rings. The second-order valence-corrected chi connectivity index (χ2v) is 6.86. The van der Waals surface area contributed by atoms with Gasteiger partial charge >= 0.3 is 0 Å². The highest BCUT2D eigenvalue weighted by Crippen LogP contribution is 2.31. The lowest BCUT2D eigenvalue weighted by molar-refractivity contribution is -0.118. The van der Waals surface area contributed by atoms with Crippen LogP contribution in [-0.4, -0.2) is 32.3 Å². The van der Waals surface area contributed by atoms with E-state index in [1.807, 2.05) is 6.92 Å². The standard InChI is InChI=1S/C17H16FN5O2S2/c1-3-8-23-15(21-22-17(23)26)14-10(2)19-16(27-14)20-13(24)9-25-12-6-4-11(18)5-7-12/h3-7H,1,8-9H2,2H3,(H,22,26)(H,19,20,24). The average Bonchev–Trinajstić information content (AvgIpc) is 3.17. The van der Waals surface area contributed by atoms with Gasteiger partial charge in [0.2, 0.25) is 0 Å². The number of hydrogen-bond acceptors (Lipinski definition) is 6. The Balaban J connectivity index is 1.69. The van der Waals surface area contributed by atoms with E-state index in [9.17, 15) is 9.18 Å². The molecule has 0 aliphatic carbocycles. The molecule has 0 atom stereocenters. The number of carbonyl (C=O) groups excluding carboxylic acids is 1. The van der Waals surface area contributed by atoms with Crippen LogP contribution >= 0.6 is 23.6 Å². The van der Waals surface area contributed by atoms with Gasteiger partial charge in [-0.1, -0.05) is 17.4 Å². The second kappa shape index (κ2) is 8.23. The molecule has 140 valence electrons. The van der Waals surface area contributed by atoms with Crippen LogP contribution in [-0.2, 0) is 11.3 Å². The smallest absolute Gasteiger partial charge is 0.264 e. The maximum atomic E-state index is 12.9. The summed E-state index contributed by atoms with van der Waals surface area (Å²) in [4.78, 5) is 17.2. The molecule has 27 heavy (non-hydrogen) atoms. The molecule has 0 spiro atoms. The Morgan fingerprint density at radius 3 is 2.93 bits per heavy atom. The molecule has 7 nitrogen and oxygen atoms in total. The molecule has 1 amide bonds. The van der Waals surface area contributed by atoms with Gasteiger partial charge in [0.25, 0.3) is 5.91 Å². The highest BCUT2D eigenvalue weighted by atomic mass is 32.1. The SMILES string of the molecule is C=CCn1c(-c2sc(NC(=O)COc3ccc(F)cc3)nc2C)n[nH]c1=S. The summed E-state index contributed by atoms with van der Waals surface area (Å²) in [5, 5.41) is 10.1. The maximum Gasteiger partial charge on any atom is 0.264 e. The maximum absolute atomic E-state index is 12.9. The van der Waals surface area contributed by atoms with Gasteiger partial charge < -0.3 is 4.74 Å². The van der Waals surface area contributed by atoms with Crippen LogP contribution in [0.3, 0.4) is 0 Å². The van der Waals surface area contributed by atoms with Crippen LogP contribution in [0.5, 0.6) is 5.75 Å². The number of thiazole rings is 1. The number of aromatic nitrogens is 4. The minimum atomic E-state index is -0.371. The first kappa shape index (κ1) is 18.9. The molecule has 0 saturated heterocycles. The molecule has 3 rings (SSSR count). The number of carbonyl (C=O) groups is 1. The molecule has 0 unspecified atom stereocenters. The van der Waals surface area contributed by atoms with Crippen molar-refractivity contribution in [3.63, 3.8) is 0 Å². The zero-order valence-electron chi connectivity index (χ0n) is 14.4. The molecule has 2 heterocycles. The first-order chi connectivity index (χ1) is 13.0. The number of anilines is 1. The lowest BCUT2D eigenvalue weighted by Gasteiger charge is -2.05. The molecule has 0 saturated carbocycles. The summed E-state index contributed by atoms with van der Waals surface area (Å²) in [6.45, 7) is 5.84. The largest absolute Gasteiger partial charge is 0.484 e. The number of ether oxygens (including phenoxy) is 1. The number of H-pyrrole nitrogens is 1. The van der Waals surface area contributed by atoms with E-state index < -0.39 is 0 Å². The molecule has 2 N–H and O–H groups in total. The first-order valence-corrected chi connectivity index (χ1v) is 9.12. The lowest BCUT2D eigenvalue weighted by atomic mass is 10.3. The van der Waals surface area contributed by atoms with E-state index >= 15 is 0 Å². The van der Waals surface area contributed by atoms with Gasteiger partial charge in [-0.25, -0.2) is 9.37 Å². The van der Waals surface area contributed by atoms with Crippen molar-refractivity contribution in [3.8, 4) is 16.5 Å². The predicted molar refractivity (Wildman–Crippen MR) is 104 cm³/mol. The fourth-order valence-corrected chi connectivity index (χ4v) is 3.47. The van der Waals surface area contributed by atoms with E-state index in [1.54, 1.807) is 10.6 Å². The molecule has 2 aromatic heterocycles. The molecule has 0 radical (unpaired) electrons. The molecule has 0 aliphatic rings. The second-order valence-electron chi connectivity index (χ2n) is 5.48. The monoisotopic (exact) mass is 405 g/mol. The Bertz CT molecular complexity index is 1020. The molecule has 1 aromatic carbocycles. The van der Waals surface area contributed by atoms with E-state index in [4.69, 9.17) is 17.0 Å². The van der Waals surface area contributed by atoms with E-state index in [-0.39, 0.29) is 18.3 Å². The van der Waals surface area contributed by atoms with Gasteiger partial charge in [0.05, 0.1) is 10.6 Å². The highest BCUT2D eigenvalue weighted by Gasteiger charge is 2.17. The number of benzene rings is 1. The molecule has 0 bridgehead atoms. The van der Waals surface area contributed by atoms with Crippen LogP contribution in [0.2, 0.25) is 0 Å². The van der Waals surface area contributed by atoms with Crippen LogP contribution in [0, 0.1) is 17.5 Å². The number of halogens is 1. The van der Waals surface area contributed by atoms with E-state index in [1.165, 1.54) is 35.6 Å². The van der Waals surface area contributed by atoms with Crippen molar-refractivity contribution in [2.75, 3.05) is 11.9 Å². The number of nitrogens with one attached hydrogen (secondary N) is 2. The van der Waals surface area contributed by atoms with Crippen molar-refractivity contribution >= 4 is 34.6 Å². The van der Waals surface area contributed by atoms with Gasteiger partial charge in [-0.3, -0.25) is 19.8 Å². The number of aryl methyl sites for hydroxylation is 1. The van der Waals surface area contributed by atoms with E-state index in [0.29, 0.717) is 33.7 Å². The summed E-state index contributed by atoms with van der Waals surface area (Å²) in [6.07, 6.45) is 1.72. The van der Waals surface area contributed by atoms with Gasteiger partial charge in [0.15, 0.2) is 22.3 Å². The lowest BCUT2D eigenvalue weighted by Crippen LogP contribution is -2.20. The number of rotatable bonds is 7. The number of nitrogens with zero attached hydrogens (tertiary/aromatic N) is 3. The highest BCUT2D eigenvalue weighted by molar-refractivity contribution is 7.71. The third-order valence-electron chi connectivity index (χ3n) is 3.50. The molecule has 0 fully saturated rings. The first-order valence-electron chi connectivity index (χ1n) is 7.90. The van der Waals surface area contributed by atoms with Gasteiger partial charge in [-0.2, -0.15) is 5.10 Å². The summed E-state index contributed by atoms with van der Waals surface area (Å²) < 4.78 is 20.5. The van der Waals surface area contributed by atoms with Crippen molar-refractivity contribution in [1.82, 2.24) is 19.7 Å². The Hall–Kier alpha value is -2.85. The number of allylic oxidation sites excluding steroid dienone is 1. The van der Waals surface area contributed by atoms with Crippen molar-refractivity contribution in [2.24, 2.45) is 0 Å². The average molecular weight is 405 g/mol. The minimum Gasteiger partial charge on any atom is -0.484 e. The predicted octanol–water partition coefficient (Wildman–Crippen LogP) is 3.72. The number of hydrogen-bond donors (Lipinski definition) is 2. The molecular weight excluding hydrogens is 389 g/mol.